The van der Waals surface area contributed by atoms with Crippen LogP contribution in [0.4, 0.5) is 0 Å². The van der Waals surface area contributed by atoms with Gasteiger partial charge in [-0.3, -0.25) is 4.79 Å². The molecule has 1 aromatic heterocycles. The largest absolute Gasteiger partial charge is 0.342 e. The van der Waals surface area contributed by atoms with E-state index in [2.05, 4.69) is 21.8 Å². The number of nitrogens with zero attached hydrogens (tertiary/aromatic N) is 3. The molecule has 4 nitrogen and oxygen atoms in total. The standard InChI is InChI=1S/C15H21N3O/c1-11-8-16-10-17-14(11)13-6-3-7-18(9-13)15(19)12-4-2-5-12/h8,10,12-13H,2-7,9H2,1H3. The Labute approximate surface area is 114 Å². The minimum Gasteiger partial charge on any atom is -0.342 e. The quantitative estimate of drug-likeness (QED) is 0.818. The predicted octanol–water partition coefficient (Wildman–Crippen LogP) is 2.29. The van der Waals surface area contributed by atoms with E-state index in [0.29, 0.717) is 17.7 Å². The van der Waals surface area contributed by atoms with E-state index < -0.39 is 0 Å². The van der Waals surface area contributed by atoms with Crippen molar-refractivity contribution in [2.45, 2.75) is 44.9 Å². The summed E-state index contributed by atoms with van der Waals surface area (Å²) in [6.45, 7) is 3.82. The van der Waals surface area contributed by atoms with E-state index in [0.717, 1.165) is 50.0 Å². The first-order valence-electron chi connectivity index (χ1n) is 7.31. The van der Waals surface area contributed by atoms with Crippen LogP contribution in [-0.4, -0.2) is 33.9 Å². The fourth-order valence-electron chi connectivity index (χ4n) is 3.15. The molecule has 0 spiro atoms. The van der Waals surface area contributed by atoms with E-state index in [1.54, 1.807) is 6.33 Å². The van der Waals surface area contributed by atoms with Gasteiger partial charge in [0, 0.05) is 31.1 Å². The van der Waals surface area contributed by atoms with Gasteiger partial charge in [0.15, 0.2) is 0 Å². The average molecular weight is 259 g/mol. The lowest BCUT2D eigenvalue weighted by Crippen LogP contribution is -2.44. The number of piperidine rings is 1. The number of likely N-dealkylation sites (tertiary alicyclic amines) is 1. The van der Waals surface area contributed by atoms with Crippen LogP contribution in [0.25, 0.3) is 0 Å². The highest BCUT2D eigenvalue weighted by molar-refractivity contribution is 5.79. The van der Waals surface area contributed by atoms with Crippen molar-refractivity contribution >= 4 is 5.91 Å². The van der Waals surface area contributed by atoms with E-state index in [1.165, 1.54) is 6.42 Å². The Balaban J connectivity index is 1.71. The van der Waals surface area contributed by atoms with Crippen molar-refractivity contribution in [1.29, 1.82) is 0 Å². The smallest absolute Gasteiger partial charge is 0.225 e. The summed E-state index contributed by atoms with van der Waals surface area (Å²) in [5.74, 6) is 1.08. The molecule has 1 aliphatic heterocycles. The van der Waals surface area contributed by atoms with Crippen LogP contribution in [0.3, 0.4) is 0 Å². The third-order valence-corrected chi connectivity index (χ3v) is 4.51. The van der Waals surface area contributed by atoms with Crippen LogP contribution in [0.2, 0.25) is 0 Å². The Kier molecular flexibility index (Phi) is 3.49. The second-order valence-corrected chi connectivity index (χ2v) is 5.84. The lowest BCUT2D eigenvalue weighted by molar-refractivity contribution is -0.139. The van der Waals surface area contributed by atoms with Crippen LogP contribution < -0.4 is 0 Å². The fourth-order valence-corrected chi connectivity index (χ4v) is 3.15. The van der Waals surface area contributed by atoms with E-state index >= 15 is 0 Å². The first-order chi connectivity index (χ1) is 9.25. The summed E-state index contributed by atoms with van der Waals surface area (Å²) in [6, 6.07) is 0. The summed E-state index contributed by atoms with van der Waals surface area (Å²) in [5, 5.41) is 0. The van der Waals surface area contributed by atoms with E-state index in [9.17, 15) is 4.79 Å². The minimum absolute atomic E-state index is 0.310. The van der Waals surface area contributed by atoms with Crippen LogP contribution in [-0.2, 0) is 4.79 Å². The van der Waals surface area contributed by atoms with Gasteiger partial charge in [-0.1, -0.05) is 6.42 Å². The molecular formula is C15H21N3O. The van der Waals surface area contributed by atoms with Gasteiger partial charge in [-0.25, -0.2) is 9.97 Å². The van der Waals surface area contributed by atoms with Crippen LogP contribution in [0.1, 0.15) is 49.3 Å². The van der Waals surface area contributed by atoms with Crippen molar-refractivity contribution in [3.05, 3.63) is 23.8 Å². The minimum atomic E-state index is 0.310. The second kappa shape index (κ2) is 5.27. The molecule has 1 amide bonds. The van der Waals surface area contributed by atoms with Crippen molar-refractivity contribution in [2.24, 2.45) is 5.92 Å². The van der Waals surface area contributed by atoms with Crippen LogP contribution in [0, 0.1) is 12.8 Å². The van der Waals surface area contributed by atoms with Gasteiger partial charge in [0.25, 0.3) is 0 Å². The van der Waals surface area contributed by atoms with Crippen molar-refractivity contribution in [2.75, 3.05) is 13.1 Å². The van der Waals surface area contributed by atoms with Crippen molar-refractivity contribution in [1.82, 2.24) is 14.9 Å². The van der Waals surface area contributed by atoms with Gasteiger partial charge >= 0.3 is 0 Å². The van der Waals surface area contributed by atoms with E-state index in [-0.39, 0.29) is 0 Å². The normalized spacial score (nSPS) is 24.1. The molecule has 3 rings (SSSR count). The molecule has 1 atom stereocenters. The molecule has 2 fully saturated rings. The number of hydrogen-bond acceptors (Lipinski definition) is 3. The molecule has 0 bridgehead atoms. The third-order valence-electron chi connectivity index (χ3n) is 4.51. The summed E-state index contributed by atoms with van der Waals surface area (Å²) in [6.07, 6.45) is 9.11. The lowest BCUT2D eigenvalue weighted by Gasteiger charge is -2.37. The lowest BCUT2D eigenvalue weighted by atomic mass is 9.83. The van der Waals surface area contributed by atoms with Crippen molar-refractivity contribution in [3.8, 4) is 0 Å². The van der Waals surface area contributed by atoms with Crippen LogP contribution in [0.5, 0.6) is 0 Å². The van der Waals surface area contributed by atoms with Gasteiger partial charge < -0.3 is 4.90 Å². The second-order valence-electron chi connectivity index (χ2n) is 5.84. The Morgan fingerprint density at radius 2 is 2.16 bits per heavy atom. The molecule has 0 N–H and O–H groups in total. The van der Waals surface area contributed by atoms with Gasteiger partial charge in [0.05, 0.1) is 5.69 Å². The molecule has 102 valence electrons. The number of carbonyl (C=O) groups excluding carboxylic acids is 1. The third kappa shape index (κ3) is 2.48. The zero-order chi connectivity index (χ0) is 13.2. The Hall–Kier alpha value is -1.45. The summed E-state index contributed by atoms with van der Waals surface area (Å²) in [5.41, 5.74) is 2.27. The first kappa shape index (κ1) is 12.6. The highest BCUT2D eigenvalue weighted by Crippen LogP contribution is 2.32. The van der Waals surface area contributed by atoms with Crippen LogP contribution >= 0.6 is 0 Å². The molecular weight excluding hydrogens is 238 g/mol. The zero-order valence-corrected chi connectivity index (χ0v) is 11.5. The zero-order valence-electron chi connectivity index (χ0n) is 11.5. The summed E-state index contributed by atoms with van der Waals surface area (Å²) < 4.78 is 0. The number of aryl methyl sites for hydroxylation is 1. The highest BCUT2D eigenvalue weighted by Gasteiger charge is 2.33. The number of aromatic nitrogens is 2. The highest BCUT2D eigenvalue weighted by atomic mass is 16.2. The maximum Gasteiger partial charge on any atom is 0.225 e. The average Bonchev–Trinajstić information content (AvgIpc) is 2.37. The molecule has 1 aromatic rings. The SMILES string of the molecule is Cc1cncnc1C1CCCN(C(=O)C2CCC2)C1. The summed E-state index contributed by atoms with van der Waals surface area (Å²) in [7, 11) is 0. The molecule has 1 saturated heterocycles. The molecule has 4 heteroatoms. The summed E-state index contributed by atoms with van der Waals surface area (Å²) >= 11 is 0. The molecule has 1 saturated carbocycles. The molecule has 2 heterocycles. The Morgan fingerprint density at radius 1 is 1.32 bits per heavy atom. The molecule has 2 aliphatic rings. The Bertz CT molecular complexity index is 470. The maximum absolute atomic E-state index is 12.3. The number of carbonyl (C=O) groups is 1. The van der Waals surface area contributed by atoms with Gasteiger partial charge in [-0.05, 0) is 38.2 Å². The van der Waals surface area contributed by atoms with Gasteiger partial charge in [0.2, 0.25) is 5.91 Å². The number of hydrogen-bond donors (Lipinski definition) is 0. The number of rotatable bonds is 2. The van der Waals surface area contributed by atoms with Gasteiger partial charge in [-0.2, -0.15) is 0 Å². The number of amides is 1. The monoisotopic (exact) mass is 259 g/mol. The summed E-state index contributed by atoms with van der Waals surface area (Å²) in [4.78, 5) is 22.9. The van der Waals surface area contributed by atoms with E-state index in [4.69, 9.17) is 0 Å². The maximum atomic E-state index is 12.3. The Morgan fingerprint density at radius 3 is 2.84 bits per heavy atom. The molecule has 19 heavy (non-hydrogen) atoms. The fraction of sp³-hybridized carbons (Fsp3) is 0.667. The first-order valence-corrected chi connectivity index (χ1v) is 7.31. The van der Waals surface area contributed by atoms with Crippen molar-refractivity contribution < 1.29 is 4.79 Å². The van der Waals surface area contributed by atoms with Crippen LogP contribution in [0.15, 0.2) is 12.5 Å². The molecule has 0 radical (unpaired) electrons. The molecule has 0 aromatic carbocycles. The molecule has 1 unspecified atom stereocenters. The molecule has 1 aliphatic carbocycles. The van der Waals surface area contributed by atoms with Crippen molar-refractivity contribution in [3.63, 3.8) is 0 Å². The van der Waals surface area contributed by atoms with Gasteiger partial charge in [0.1, 0.15) is 6.33 Å². The predicted molar refractivity (Wildman–Crippen MR) is 72.7 cm³/mol. The topological polar surface area (TPSA) is 46.1 Å². The van der Waals surface area contributed by atoms with E-state index in [1.807, 2.05) is 6.20 Å². The van der Waals surface area contributed by atoms with Gasteiger partial charge in [-0.15, -0.1) is 0 Å².